The van der Waals surface area contributed by atoms with Crippen molar-refractivity contribution in [2.75, 3.05) is 20.8 Å². The number of amides is 4. The van der Waals surface area contributed by atoms with Gasteiger partial charge in [0.15, 0.2) is 0 Å². The number of H-pyrrole nitrogens is 2. The van der Waals surface area contributed by atoms with Gasteiger partial charge in [0.05, 0.1) is 55.8 Å². The number of hydrogen-bond acceptors (Lipinski definition) is 9. The summed E-state index contributed by atoms with van der Waals surface area (Å²) in [7, 11) is 2.52. The first-order valence-electron chi connectivity index (χ1n) is 20.5. The van der Waals surface area contributed by atoms with E-state index >= 15 is 0 Å². The first kappa shape index (κ1) is 40.6. The monoisotopic (exact) mass is 822 g/mol. The quantitative estimate of drug-likeness (QED) is 0.121. The fourth-order valence-electron chi connectivity index (χ4n) is 8.93. The molecule has 4 N–H and O–H groups in total. The Hall–Kier alpha value is -6.19. The standard InChI is InChI=1S/C44H51FN8O7/c1-21(2)36(50-43(56)58-6)41(54)52-19-27(45)16-34(52)39-46-18-32(48-39)25-9-11-28-26(14-25)20-60-35-17-29-24(15-30(28)35)10-12-31-38(29)49-40(47-31)33-13-8-23(5)53(33)42(55)37(22(3)4)51-44(57)59-7/h9-12,14-15,17-18,21-23,27,33-34,36-37H,8,13,16,19-20H2,1-7H3,(H,46,48)(H,47,49)(H,50,56)(H,51,57). The van der Waals surface area contributed by atoms with Crippen LogP contribution in [-0.2, 0) is 25.7 Å². The normalized spacial score (nSPS) is 20.8. The summed E-state index contributed by atoms with van der Waals surface area (Å²) in [4.78, 5) is 71.5. The number of alkyl halides is 1. The Morgan fingerprint density at radius 3 is 2.28 bits per heavy atom. The average molecular weight is 823 g/mol. The van der Waals surface area contributed by atoms with Crippen molar-refractivity contribution >= 4 is 45.8 Å². The Morgan fingerprint density at radius 2 is 1.58 bits per heavy atom. The zero-order valence-electron chi connectivity index (χ0n) is 34.8. The molecule has 0 bridgehead atoms. The summed E-state index contributed by atoms with van der Waals surface area (Å²) in [6, 6.07) is 11.7. The number of likely N-dealkylation sites (tertiary alicyclic amines) is 2. The maximum Gasteiger partial charge on any atom is 0.407 e. The summed E-state index contributed by atoms with van der Waals surface area (Å²) >= 11 is 0. The van der Waals surface area contributed by atoms with Gasteiger partial charge in [-0.05, 0) is 77.9 Å². The van der Waals surface area contributed by atoms with E-state index in [2.05, 4.69) is 43.8 Å². The number of aromatic amines is 2. The summed E-state index contributed by atoms with van der Waals surface area (Å²) in [6.45, 7) is 9.67. The number of nitrogens with one attached hydrogen (secondary N) is 4. The lowest BCUT2D eigenvalue weighted by Crippen LogP contribution is -2.52. The Balaban J connectivity index is 1.05. The number of benzene rings is 3. The van der Waals surface area contributed by atoms with Gasteiger partial charge in [-0.25, -0.2) is 23.9 Å². The Labute approximate surface area is 346 Å². The molecular formula is C44H51FN8O7. The van der Waals surface area contributed by atoms with Crippen molar-refractivity contribution in [3.8, 4) is 28.1 Å². The maximum absolute atomic E-state index is 14.9. The number of rotatable bonds is 9. The van der Waals surface area contributed by atoms with Crippen LogP contribution in [0.5, 0.6) is 5.75 Å². The van der Waals surface area contributed by atoms with Crippen LogP contribution in [0.2, 0.25) is 0 Å². The summed E-state index contributed by atoms with van der Waals surface area (Å²) in [5.74, 6) is 0.945. The second-order valence-corrected chi connectivity index (χ2v) is 16.7. The molecule has 0 spiro atoms. The highest BCUT2D eigenvalue weighted by molar-refractivity contribution is 6.07. The van der Waals surface area contributed by atoms with Gasteiger partial charge in [-0.3, -0.25) is 9.59 Å². The highest BCUT2D eigenvalue weighted by Gasteiger charge is 2.43. The van der Waals surface area contributed by atoms with E-state index in [0.717, 1.165) is 62.7 Å². The third-order valence-corrected chi connectivity index (χ3v) is 12.1. The molecule has 3 aliphatic rings. The van der Waals surface area contributed by atoms with Gasteiger partial charge in [0.25, 0.3) is 0 Å². The van der Waals surface area contributed by atoms with Crippen molar-refractivity contribution < 1.29 is 37.8 Å². The molecule has 0 radical (unpaired) electrons. The first-order chi connectivity index (χ1) is 28.8. The molecule has 8 rings (SSSR count). The number of aromatic nitrogens is 4. The Bertz CT molecular complexity index is 2480. The minimum atomic E-state index is -1.24. The van der Waals surface area contributed by atoms with Gasteiger partial charge >= 0.3 is 12.2 Å². The van der Waals surface area contributed by atoms with Gasteiger partial charge in [-0.1, -0.05) is 45.9 Å². The lowest BCUT2D eigenvalue weighted by atomic mass is 9.92. The second-order valence-electron chi connectivity index (χ2n) is 16.7. The molecule has 5 aromatic rings. The molecule has 3 aliphatic heterocycles. The number of ether oxygens (including phenoxy) is 3. The molecule has 0 saturated carbocycles. The molecule has 0 aliphatic carbocycles. The Kier molecular flexibility index (Phi) is 10.9. The topological polar surface area (TPSA) is 184 Å². The van der Waals surface area contributed by atoms with E-state index in [1.54, 1.807) is 6.20 Å². The smallest absolute Gasteiger partial charge is 0.407 e. The van der Waals surface area contributed by atoms with Gasteiger partial charge in [0.2, 0.25) is 11.8 Å². The lowest BCUT2D eigenvalue weighted by Gasteiger charge is -2.32. The number of nitrogens with zero attached hydrogens (tertiary/aromatic N) is 4. The largest absolute Gasteiger partial charge is 0.488 e. The van der Waals surface area contributed by atoms with Crippen LogP contribution in [0.3, 0.4) is 0 Å². The fourth-order valence-corrected chi connectivity index (χ4v) is 8.93. The first-order valence-corrected chi connectivity index (χ1v) is 20.5. The SMILES string of the molecule is COC(=O)NC(C(=O)N1CC(F)CC1c1ncc(-c2ccc3c(c2)COc2cc4c(ccc5[nH]c(C6CCC(C)N6C(=O)C(NC(=O)OC)C(C)C)nc54)cc2-3)[nH]1)C(C)C. The van der Waals surface area contributed by atoms with Crippen molar-refractivity contribution in [3.63, 3.8) is 0 Å². The third kappa shape index (κ3) is 7.36. The number of imidazole rings is 2. The molecule has 2 aromatic heterocycles. The van der Waals surface area contributed by atoms with E-state index in [1.807, 2.05) is 63.8 Å². The number of halogens is 1. The van der Waals surface area contributed by atoms with E-state index in [1.165, 1.54) is 19.1 Å². The van der Waals surface area contributed by atoms with Crippen LogP contribution >= 0.6 is 0 Å². The van der Waals surface area contributed by atoms with Gasteiger partial charge in [-0.15, -0.1) is 0 Å². The molecular weight excluding hydrogens is 772 g/mol. The van der Waals surface area contributed by atoms with Crippen LogP contribution in [0.15, 0.2) is 48.7 Å². The second kappa shape index (κ2) is 16.1. The van der Waals surface area contributed by atoms with Crippen LogP contribution in [0, 0.1) is 11.8 Å². The van der Waals surface area contributed by atoms with Crippen LogP contribution in [0.25, 0.3) is 44.2 Å². The number of methoxy groups -OCH3 is 2. The van der Waals surface area contributed by atoms with Crippen molar-refractivity contribution in [3.05, 3.63) is 65.9 Å². The van der Waals surface area contributed by atoms with E-state index < -0.39 is 42.4 Å². The van der Waals surface area contributed by atoms with E-state index in [4.69, 9.17) is 19.2 Å². The van der Waals surface area contributed by atoms with E-state index in [9.17, 15) is 23.6 Å². The summed E-state index contributed by atoms with van der Waals surface area (Å²) in [6.07, 6.45) is 0.707. The minimum Gasteiger partial charge on any atom is -0.488 e. The van der Waals surface area contributed by atoms with Crippen molar-refractivity contribution in [1.82, 2.24) is 40.4 Å². The van der Waals surface area contributed by atoms with Crippen LogP contribution in [-0.4, -0.2) is 98.8 Å². The van der Waals surface area contributed by atoms with Crippen molar-refractivity contribution in [2.45, 2.75) is 96.9 Å². The number of hydrogen-bond donors (Lipinski definition) is 4. The van der Waals surface area contributed by atoms with E-state index in [0.29, 0.717) is 23.9 Å². The predicted octanol–water partition coefficient (Wildman–Crippen LogP) is 7.09. The van der Waals surface area contributed by atoms with Gasteiger partial charge in [-0.2, -0.15) is 0 Å². The van der Waals surface area contributed by atoms with E-state index in [-0.39, 0.29) is 42.8 Å². The number of alkyl carbamates (subject to hydrolysis) is 2. The summed E-state index contributed by atoms with van der Waals surface area (Å²) in [5, 5.41) is 7.23. The van der Waals surface area contributed by atoms with Crippen molar-refractivity contribution in [1.29, 1.82) is 0 Å². The Morgan fingerprint density at radius 1 is 0.867 bits per heavy atom. The molecule has 316 valence electrons. The van der Waals surface area contributed by atoms with Gasteiger partial charge in [0.1, 0.15) is 42.3 Å². The predicted molar refractivity (Wildman–Crippen MR) is 222 cm³/mol. The van der Waals surface area contributed by atoms with Crippen LogP contribution in [0.1, 0.15) is 83.2 Å². The lowest BCUT2D eigenvalue weighted by molar-refractivity contribution is -0.137. The zero-order valence-corrected chi connectivity index (χ0v) is 34.8. The molecule has 6 unspecified atom stereocenters. The summed E-state index contributed by atoms with van der Waals surface area (Å²) < 4.78 is 30.8. The summed E-state index contributed by atoms with van der Waals surface area (Å²) in [5.41, 5.74) is 6.17. The van der Waals surface area contributed by atoms with Crippen molar-refractivity contribution in [2.24, 2.45) is 11.8 Å². The number of carbonyl (C=O) groups is 4. The highest BCUT2D eigenvalue weighted by atomic mass is 19.1. The molecule has 60 heavy (non-hydrogen) atoms. The zero-order chi connectivity index (χ0) is 42.6. The highest BCUT2D eigenvalue weighted by Crippen LogP contribution is 2.44. The fraction of sp³-hybridized carbons (Fsp3) is 0.455. The molecule has 2 fully saturated rings. The third-order valence-electron chi connectivity index (χ3n) is 12.1. The molecule has 6 atom stereocenters. The number of carbonyl (C=O) groups excluding carboxylic acids is 4. The molecule has 5 heterocycles. The van der Waals surface area contributed by atoms with Crippen LogP contribution in [0.4, 0.5) is 14.0 Å². The van der Waals surface area contributed by atoms with Crippen LogP contribution < -0.4 is 15.4 Å². The molecule has 16 heteroatoms. The number of fused-ring (bicyclic) bond motifs is 6. The molecule has 3 aromatic carbocycles. The van der Waals surface area contributed by atoms with Gasteiger partial charge in [0, 0.05) is 23.4 Å². The molecule has 4 amide bonds. The van der Waals surface area contributed by atoms with Gasteiger partial charge < -0.3 is 44.6 Å². The average Bonchev–Trinajstić information content (AvgIpc) is 4.05. The molecule has 15 nitrogen and oxygen atoms in total. The minimum absolute atomic E-state index is 0.0391. The maximum atomic E-state index is 14.9. The molecule has 2 saturated heterocycles.